The molecule has 0 atom stereocenters. The molecule has 0 amide bonds. The molecule has 10 heteroatoms. The number of pyridine rings is 1. The van der Waals surface area contributed by atoms with Gasteiger partial charge in [0.05, 0.1) is 24.3 Å². The van der Waals surface area contributed by atoms with E-state index in [2.05, 4.69) is 39.6 Å². The molecular formula is C19H26F3N5O2. The van der Waals surface area contributed by atoms with Gasteiger partial charge < -0.3 is 19.9 Å². The lowest BCUT2D eigenvalue weighted by atomic mass is 9.99. The predicted octanol–water partition coefficient (Wildman–Crippen LogP) is 3.74. The monoisotopic (exact) mass is 413 g/mol. The Kier molecular flexibility index (Phi) is 8.29. The molecule has 0 bridgehead atoms. The molecule has 0 aromatic carbocycles. The molecule has 0 aliphatic rings. The number of aromatic nitrogens is 2. The molecule has 2 aromatic heterocycles. The topological polar surface area (TPSA) is 84.6 Å². The summed E-state index contributed by atoms with van der Waals surface area (Å²) in [6.45, 7) is 5.26. The first-order chi connectivity index (χ1) is 13.9. The summed E-state index contributed by atoms with van der Waals surface area (Å²) in [5.74, 6) is 1.76. The van der Waals surface area contributed by atoms with Gasteiger partial charge in [0.15, 0.2) is 11.7 Å². The average molecular weight is 413 g/mol. The summed E-state index contributed by atoms with van der Waals surface area (Å²) >= 11 is 0. The number of hydrogen-bond donors (Lipinski definition) is 2. The molecule has 0 fully saturated rings. The van der Waals surface area contributed by atoms with Crippen LogP contribution < -0.4 is 15.4 Å². The van der Waals surface area contributed by atoms with Gasteiger partial charge in [-0.25, -0.2) is 4.98 Å². The molecule has 7 nitrogen and oxygen atoms in total. The van der Waals surface area contributed by atoms with Crippen molar-refractivity contribution >= 4 is 5.96 Å². The first-order valence-corrected chi connectivity index (χ1v) is 9.43. The largest absolute Gasteiger partial charge is 0.476 e. The molecule has 0 aliphatic heterocycles. The SMILES string of the molecule is CCC(CC)c1cc(CNC(=NC)NCCOc2ccc(C(F)(F)F)cn2)on1. The van der Waals surface area contributed by atoms with Gasteiger partial charge in [-0.3, -0.25) is 4.99 Å². The third kappa shape index (κ3) is 6.95. The van der Waals surface area contributed by atoms with E-state index in [1.54, 1.807) is 7.05 Å². The normalized spacial score (nSPS) is 12.3. The Bertz CT molecular complexity index is 771. The maximum atomic E-state index is 12.5. The number of aliphatic imine (C=N–C) groups is 1. The number of halogens is 3. The van der Waals surface area contributed by atoms with Crippen molar-refractivity contribution < 1.29 is 22.4 Å². The highest BCUT2D eigenvalue weighted by Gasteiger charge is 2.30. The number of nitrogens with one attached hydrogen (secondary N) is 2. The van der Waals surface area contributed by atoms with E-state index in [1.165, 1.54) is 6.07 Å². The standard InChI is InChI=1S/C19H26F3N5O2/c1-4-13(5-2)16-10-15(29-27-16)12-26-18(23-3)24-8-9-28-17-7-6-14(11-25-17)19(20,21)22/h6-7,10-11,13H,4-5,8-9,12H2,1-3H3,(H2,23,24,26). The number of ether oxygens (including phenoxy) is 1. The maximum absolute atomic E-state index is 12.5. The van der Waals surface area contributed by atoms with Crippen LogP contribution in [0.5, 0.6) is 5.88 Å². The van der Waals surface area contributed by atoms with Crippen LogP contribution in [0.15, 0.2) is 33.9 Å². The van der Waals surface area contributed by atoms with Gasteiger partial charge in [-0.1, -0.05) is 19.0 Å². The Morgan fingerprint density at radius 1 is 1.24 bits per heavy atom. The molecule has 2 heterocycles. The fraction of sp³-hybridized carbons (Fsp3) is 0.526. The number of guanidine groups is 1. The van der Waals surface area contributed by atoms with Crippen molar-refractivity contribution in [2.45, 2.75) is 45.3 Å². The molecule has 0 unspecified atom stereocenters. The van der Waals surface area contributed by atoms with Crippen LogP contribution in [0.3, 0.4) is 0 Å². The number of nitrogens with zero attached hydrogens (tertiary/aromatic N) is 3. The highest BCUT2D eigenvalue weighted by atomic mass is 19.4. The third-order valence-electron chi connectivity index (χ3n) is 4.34. The van der Waals surface area contributed by atoms with Gasteiger partial charge in [0.1, 0.15) is 6.61 Å². The highest BCUT2D eigenvalue weighted by molar-refractivity contribution is 5.79. The second-order valence-corrected chi connectivity index (χ2v) is 6.32. The summed E-state index contributed by atoms with van der Waals surface area (Å²) in [5.41, 5.74) is 0.138. The summed E-state index contributed by atoms with van der Waals surface area (Å²) in [5, 5.41) is 10.3. The zero-order valence-corrected chi connectivity index (χ0v) is 16.7. The third-order valence-corrected chi connectivity index (χ3v) is 4.34. The number of rotatable bonds is 9. The molecule has 29 heavy (non-hydrogen) atoms. The van der Waals surface area contributed by atoms with E-state index in [0.717, 1.165) is 30.8 Å². The molecule has 2 aromatic rings. The second kappa shape index (κ2) is 10.7. The van der Waals surface area contributed by atoms with Crippen molar-refractivity contribution in [2.75, 3.05) is 20.2 Å². The summed E-state index contributed by atoms with van der Waals surface area (Å²) in [7, 11) is 1.63. The van der Waals surface area contributed by atoms with Gasteiger partial charge in [0.25, 0.3) is 0 Å². The second-order valence-electron chi connectivity index (χ2n) is 6.32. The quantitative estimate of drug-likeness (QED) is 0.370. The Morgan fingerprint density at radius 2 is 2.00 bits per heavy atom. The van der Waals surface area contributed by atoms with Crippen LogP contribution in [-0.4, -0.2) is 36.3 Å². The van der Waals surface area contributed by atoms with Crippen LogP contribution >= 0.6 is 0 Å². The average Bonchev–Trinajstić information content (AvgIpc) is 3.17. The zero-order valence-electron chi connectivity index (χ0n) is 16.7. The van der Waals surface area contributed by atoms with Crippen molar-refractivity contribution in [3.05, 3.63) is 41.4 Å². The minimum Gasteiger partial charge on any atom is -0.476 e. The van der Waals surface area contributed by atoms with Crippen molar-refractivity contribution in [1.82, 2.24) is 20.8 Å². The molecule has 0 spiro atoms. The summed E-state index contributed by atoms with van der Waals surface area (Å²) < 4.78 is 48.2. The van der Waals surface area contributed by atoms with Gasteiger partial charge >= 0.3 is 6.18 Å². The Labute approximate surface area is 167 Å². The van der Waals surface area contributed by atoms with Gasteiger partial charge in [0.2, 0.25) is 5.88 Å². The Balaban J connectivity index is 1.73. The minimum absolute atomic E-state index is 0.123. The van der Waals surface area contributed by atoms with Gasteiger partial charge in [-0.05, 0) is 18.9 Å². The van der Waals surface area contributed by atoms with Crippen LogP contribution in [0, 0.1) is 0 Å². The van der Waals surface area contributed by atoms with E-state index in [9.17, 15) is 13.2 Å². The lowest BCUT2D eigenvalue weighted by Crippen LogP contribution is -2.38. The molecule has 0 radical (unpaired) electrons. The maximum Gasteiger partial charge on any atom is 0.417 e. The fourth-order valence-corrected chi connectivity index (χ4v) is 2.66. The lowest BCUT2D eigenvalue weighted by molar-refractivity contribution is -0.137. The van der Waals surface area contributed by atoms with Crippen LogP contribution in [0.2, 0.25) is 0 Å². The highest BCUT2D eigenvalue weighted by Crippen LogP contribution is 2.29. The fourth-order valence-electron chi connectivity index (χ4n) is 2.66. The zero-order chi connectivity index (χ0) is 21.3. The Hall–Kier alpha value is -2.78. The first-order valence-electron chi connectivity index (χ1n) is 9.43. The molecule has 0 saturated heterocycles. The van der Waals surface area contributed by atoms with E-state index in [4.69, 9.17) is 9.26 Å². The Morgan fingerprint density at radius 3 is 2.59 bits per heavy atom. The van der Waals surface area contributed by atoms with Crippen molar-refractivity contribution in [1.29, 1.82) is 0 Å². The molecule has 0 aliphatic carbocycles. The van der Waals surface area contributed by atoms with Crippen molar-refractivity contribution in [2.24, 2.45) is 4.99 Å². The van der Waals surface area contributed by atoms with Crippen LogP contribution in [0.25, 0.3) is 0 Å². The smallest absolute Gasteiger partial charge is 0.417 e. The molecule has 160 valence electrons. The van der Waals surface area contributed by atoms with Crippen molar-refractivity contribution in [3.8, 4) is 5.88 Å². The molecular weight excluding hydrogens is 387 g/mol. The molecule has 2 N–H and O–H groups in total. The summed E-state index contributed by atoms with van der Waals surface area (Å²) in [6.07, 6.45) is -1.65. The van der Waals surface area contributed by atoms with Gasteiger partial charge in [0, 0.05) is 31.3 Å². The van der Waals surface area contributed by atoms with E-state index in [-0.39, 0.29) is 12.5 Å². The van der Waals surface area contributed by atoms with Gasteiger partial charge in [-0.2, -0.15) is 13.2 Å². The molecule has 2 rings (SSSR count). The van der Waals surface area contributed by atoms with Crippen LogP contribution in [0.4, 0.5) is 13.2 Å². The first kappa shape index (κ1) is 22.5. The number of hydrogen-bond acceptors (Lipinski definition) is 5. The number of alkyl halides is 3. The summed E-state index contributed by atoms with van der Waals surface area (Å²) in [6, 6.07) is 4.07. The minimum atomic E-state index is -4.41. The van der Waals surface area contributed by atoms with Crippen LogP contribution in [0.1, 0.15) is 49.6 Å². The lowest BCUT2D eigenvalue weighted by Gasteiger charge is -2.11. The van der Waals surface area contributed by atoms with Gasteiger partial charge in [-0.15, -0.1) is 0 Å². The van der Waals surface area contributed by atoms with Crippen LogP contribution in [-0.2, 0) is 12.7 Å². The summed E-state index contributed by atoms with van der Waals surface area (Å²) in [4.78, 5) is 7.75. The van der Waals surface area contributed by atoms with E-state index >= 15 is 0 Å². The van der Waals surface area contributed by atoms with E-state index in [1.807, 2.05) is 6.07 Å². The van der Waals surface area contributed by atoms with Crippen molar-refractivity contribution in [3.63, 3.8) is 0 Å². The molecule has 0 saturated carbocycles. The van der Waals surface area contributed by atoms with E-state index in [0.29, 0.717) is 30.7 Å². The van der Waals surface area contributed by atoms with E-state index < -0.39 is 11.7 Å². The predicted molar refractivity (Wildman–Crippen MR) is 103 cm³/mol.